The lowest BCUT2D eigenvalue weighted by Crippen LogP contribution is -2.45. The van der Waals surface area contributed by atoms with E-state index < -0.39 is 11.6 Å². The summed E-state index contributed by atoms with van der Waals surface area (Å²) >= 11 is 0. The van der Waals surface area contributed by atoms with Gasteiger partial charge in [-0.15, -0.1) is 0 Å². The molecule has 1 unspecified atom stereocenters. The number of halogens is 2. The molecule has 5 heterocycles. The van der Waals surface area contributed by atoms with E-state index in [-0.39, 0.29) is 18.0 Å². The molecular weight excluding hydrogens is 496 g/mol. The first-order valence-corrected chi connectivity index (χ1v) is 13.7. The Labute approximate surface area is 227 Å². The minimum absolute atomic E-state index is 0.0663. The van der Waals surface area contributed by atoms with Crippen molar-refractivity contribution < 1.29 is 8.78 Å². The minimum Gasteiger partial charge on any atom is -0.354 e. The highest BCUT2D eigenvalue weighted by Gasteiger charge is 2.26. The van der Waals surface area contributed by atoms with Crippen molar-refractivity contribution in [2.75, 3.05) is 46.3 Å². The number of hydrogen-bond acceptors (Lipinski definition) is 6. The molecule has 7 nitrogen and oxygen atoms in total. The summed E-state index contributed by atoms with van der Waals surface area (Å²) in [7, 11) is 2.17. The van der Waals surface area contributed by atoms with E-state index in [1.165, 1.54) is 23.8 Å². The van der Waals surface area contributed by atoms with Crippen LogP contribution in [-0.2, 0) is 6.54 Å². The van der Waals surface area contributed by atoms with Gasteiger partial charge in [-0.25, -0.2) is 18.3 Å². The topological polar surface area (TPSA) is 63.2 Å². The zero-order valence-electron chi connectivity index (χ0n) is 22.2. The van der Waals surface area contributed by atoms with Crippen LogP contribution in [0.25, 0.3) is 5.52 Å². The van der Waals surface area contributed by atoms with Crippen LogP contribution in [0.5, 0.6) is 0 Å². The first kappa shape index (κ1) is 25.7. The van der Waals surface area contributed by atoms with E-state index in [1.807, 2.05) is 10.7 Å². The molecule has 0 spiro atoms. The number of pyridine rings is 1. The quantitative estimate of drug-likeness (QED) is 0.487. The van der Waals surface area contributed by atoms with Gasteiger partial charge in [-0.2, -0.15) is 10.4 Å². The molecular formula is C30H33F2N7. The van der Waals surface area contributed by atoms with Crippen molar-refractivity contribution >= 4 is 11.7 Å². The summed E-state index contributed by atoms with van der Waals surface area (Å²) in [6, 6.07) is 8.62. The summed E-state index contributed by atoms with van der Waals surface area (Å²) in [5, 5.41) is 14.3. The van der Waals surface area contributed by atoms with E-state index in [0.717, 1.165) is 62.3 Å². The third-order valence-corrected chi connectivity index (χ3v) is 8.45. The fraction of sp³-hybridized carbons (Fsp3) is 0.433. The molecule has 0 N–H and O–H groups in total. The summed E-state index contributed by atoms with van der Waals surface area (Å²) in [6.07, 6.45) is 11.0. The van der Waals surface area contributed by atoms with Gasteiger partial charge in [0.15, 0.2) is 0 Å². The molecule has 0 aliphatic carbocycles. The second kappa shape index (κ2) is 10.9. The third-order valence-electron chi connectivity index (χ3n) is 8.45. The number of benzene rings is 1. The van der Waals surface area contributed by atoms with Crippen molar-refractivity contribution in [2.45, 2.75) is 37.6 Å². The Kier molecular flexibility index (Phi) is 7.15. The van der Waals surface area contributed by atoms with Gasteiger partial charge in [0.2, 0.25) is 0 Å². The van der Waals surface area contributed by atoms with Crippen LogP contribution >= 0.6 is 0 Å². The maximum absolute atomic E-state index is 14.1. The Morgan fingerprint density at radius 3 is 2.46 bits per heavy atom. The Morgan fingerprint density at radius 1 is 1.05 bits per heavy atom. The van der Waals surface area contributed by atoms with Gasteiger partial charge in [-0.3, -0.25) is 4.90 Å². The predicted molar refractivity (Wildman–Crippen MR) is 147 cm³/mol. The van der Waals surface area contributed by atoms with Crippen LogP contribution in [-0.4, -0.2) is 76.8 Å². The fourth-order valence-corrected chi connectivity index (χ4v) is 6.08. The number of rotatable bonds is 5. The maximum atomic E-state index is 14.1. The number of fused-ring (bicyclic) bond motifs is 1. The molecule has 9 heteroatoms. The van der Waals surface area contributed by atoms with Crippen molar-refractivity contribution in [3.8, 4) is 6.07 Å². The molecule has 3 aliphatic rings. The van der Waals surface area contributed by atoms with Crippen LogP contribution in [0.2, 0.25) is 0 Å². The molecule has 39 heavy (non-hydrogen) atoms. The van der Waals surface area contributed by atoms with Gasteiger partial charge in [0.25, 0.3) is 0 Å². The standard InChI is InChI=1S/C30H33F2N7/c1-36-9-7-21(8-10-36)23-15-25(30-24(16-33)18-35-39(30)19-23)22-5-6-29(34-17-22)38-13-11-37(12-14-38)20-26-27(31)3-2-4-28(26)32/h2-4,6,15,17-19,21-22H,5,7-14,20H2,1H3. The van der Waals surface area contributed by atoms with Crippen LogP contribution in [0.3, 0.4) is 0 Å². The van der Waals surface area contributed by atoms with Gasteiger partial charge < -0.3 is 9.80 Å². The average molecular weight is 530 g/mol. The number of piperidine rings is 1. The molecule has 1 atom stereocenters. The summed E-state index contributed by atoms with van der Waals surface area (Å²) in [5.74, 6) is 0.514. The Balaban J connectivity index is 1.16. The lowest BCUT2D eigenvalue weighted by molar-refractivity contribution is 0.148. The van der Waals surface area contributed by atoms with E-state index in [4.69, 9.17) is 4.99 Å². The Morgan fingerprint density at radius 2 is 1.79 bits per heavy atom. The molecule has 0 radical (unpaired) electrons. The number of aliphatic imine (C=N–C) groups is 1. The van der Waals surface area contributed by atoms with Crippen LogP contribution in [0.4, 0.5) is 8.78 Å². The molecule has 0 saturated carbocycles. The van der Waals surface area contributed by atoms with Crippen molar-refractivity contribution in [2.24, 2.45) is 4.99 Å². The molecule has 3 aliphatic heterocycles. The monoisotopic (exact) mass is 529 g/mol. The molecule has 2 aromatic heterocycles. The predicted octanol–water partition coefficient (Wildman–Crippen LogP) is 4.51. The van der Waals surface area contributed by atoms with Crippen LogP contribution in [0.1, 0.15) is 53.4 Å². The largest absolute Gasteiger partial charge is 0.354 e. The lowest BCUT2D eigenvalue weighted by Gasteiger charge is -2.37. The van der Waals surface area contributed by atoms with Gasteiger partial charge >= 0.3 is 0 Å². The second-order valence-corrected chi connectivity index (χ2v) is 10.9. The van der Waals surface area contributed by atoms with Crippen LogP contribution < -0.4 is 0 Å². The van der Waals surface area contributed by atoms with E-state index >= 15 is 0 Å². The van der Waals surface area contributed by atoms with Crippen LogP contribution in [0.15, 0.2) is 53.5 Å². The average Bonchev–Trinajstić information content (AvgIpc) is 3.39. The van der Waals surface area contributed by atoms with Crippen molar-refractivity contribution in [3.63, 3.8) is 0 Å². The van der Waals surface area contributed by atoms with E-state index in [2.05, 4.69) is 51.3 Å². The molecule has 2 fully saturated rings. The number of allylic oxidation sites excluding steroid dienone is 1. The fourth-order valence-electron chi connectivity index (χ4n) is 6.08. The normalized spacial score (nSPS) is 21.3. The third kappa shape index (κ3) is 5.19. The zero-order chi connectivity index (χ0) is 26.9. The highest BCUT2D eigenvalue weighted by atomic mass is 19.1. The van der Waals surface area contributed by atoms with Crippen molar-refractivity contribution in [3.05, 3.63) is 82.4 Å². The maximum Gasteiger partial charge on any atom is 0.130 e. The molecule has 3 aromatic rings. The number of piperazine rings is 1. The number of likely N-dealkylation sites (tertiary alicyclic amines) is 1. The Bertz CT molecular complexity index is 1430. The van der Waals surface area contributed by atoms with E-state index in [9.17, 15) is 14.0 Å². The SMILES string of the molecule is CN1CCC(c2cc(C3C=NC(N4CCN(Cc5c(F)cccc5F)CC4)=CC3)c3c(C#N)cnn3c2)CC1. The summed E-state index contributed by atoms with van der Waals surface area (Å²) in [6.45, 7) is 5.37. The van der Waals surface area contributed by atoms with Crippen molar-refractivity contribution in [1.29, 1.82) is 5.26 Å². The minimum atomic E-state index is -0.491. The zero-order valence-corrected chi connectivity index (χ0v) is 22.2. The number of nitriles is 1. The van der Waals surface area contributed by atoms with E-state index in [1.54, 1.807) is 6.20 Å². The second-order valence-electron chi connectivity index (χ2n) is 10.9. The molecule has 6 rings (SSSR count). The highest BCUT2D eigenvalue weighted by Crippen LogP contribution is 2.35. The lowest BCUT2D eigenvalue weighted by atomic mass is 9.86. The molecule has 202 valence electrons. The summed E-state index contributed by atoms with van der Waals surface area (Å²) < 4.78 is 30.1. The van der Waals surface area contributed by atoms with Gasteiger partial charge in [-0.1, -0.05) is 12.1 Å². The van der Waals surface area contributed by atoms with Crippen LogP contribution in [0, 0.1) is 23.0 Å². The highest BCUT2D eigenvalue weighted by molar-refractivity contribution is 5.78. The first-order chi connectivity index (χ1) is 19.0. The summed E-state index contributed by atoms with van der Waals surface area (Å²) in [4.78, 5) is 11.5. The van der Waals surface area contributed by atoms with Gasteiger partial charge in [0.05, 0.1) is 17.3 Å². The molecule has 0 amide bonds. The first-order valence-electron chi connectivity index (χ1n) is 13.7. The number of nitrogens with zero attached hydrogens (tertiary/aromatic N) is 7. The smallest absolute Gasteiger partial charge is 0.130 e. The van der Waals surface area contributed by atoms with E-state index in [0.29, 0.717) is 24.6 Å². The molecule has 0 bridgehead atoms. The number of aromatic nitrogens is 2. The van der Waals surface area contributed by atoms with Gasteiger partial charge in [0.1, 0.15) is 23.5 Å². The summed E-state index contributed by atoms with van der Waals surface area (Å²) in [5.41, 5.74) is 3.98. The molecule has 2 saturated heterocycles. The number of hydrogen-bond donors (Lipinski definition) is 0. The van der Waals surface area contributed by atoms with Gasteiger partial charge in [0, 0.05) is 56.6 Å². The molecule has 1 aromatic carbocycles. The van der Waals surface area contributed by atoms with Crippen molar-refractivity contribution in [1.82, 2.24) is 24.3 Å². The Hall–Kier alpha value is -3.61. The van der Waals surface area contributed by atoms with Gasteiger partial charge in [-0.05, 0) is 74.7 Å².